The standard InChI is InChI=1S/C18H13N3O/c1-12-2-6-14(7-3-12)17-18(21-16(22)11-20-17)15-8-4-13(10-19)5-9-15/h2-9,11H,1H3,(H,21,22). The maximum Gasteiger partial charge on any atom is 0.230 e. The van der Waals surface area contributed by atoms with Crippen molar-refractivity contribution in [3.05, 3.63) is 65.9 Å². The van der Waals surface area contributed by atoms with Crippen LogP contribution in [0.15, 0.2) is 54.7 Å². The number of benzene rings is 2. The van der Waals surface area contributed by atoms with E-state index in [-0.39, 0.29) is 5.88 Å². The number of hydrogen-bond donors (Lipinski definition) is 1. The van der Waals surface area contributed by atoms with Crippen LogP contribution in [0.25, 0.3) is 22.5 Å². The van der Waals surface area contributed by atoms with Gasteiger partial charge in [-0.05, 0) is 19.1 Å². The van der Waals surface area contributed by atoms with Gasteiger partial charge in [0, 0.05) is 11.1 Å². The van der Waals surface area contributed by atoms with E-state index < -0.39 is 0 Å². The summed E-state index contributed by atoms with van der Waals surface area (Å²) in [7, 11) is 0. The molecule has 0 aliphatic rings. The predicted octanol–water partition coefficient (Wildman–Crippen LogP) is 3.70. The van der Waals surface area contributed by atoms with Gasteiger partial charge in [-0.1, -0.05) is 42.0 Å². The minimum absolute atomic E-state index is 0.129. The first-order chi connectivity index (χ1) is 10.7. The van der Waals surface area contributed by atoms with Crippen molar-refractivity contribution >= 4 is 0 Å². The van der Waals surface area contributed by atoms with Gasteiger partial charge in [0.25, 0.3) is 0 Å². The Morgan fingerprint density at radius 2 is 1.50 bits per heavy atom. The van der Waals surface area contributed by atoms with Crippen LogP contribution >= 0.6 is 0 Å². The van der Waals surface area contributed by atoms with Crippen LogP contribution in [0, 0.1) is 18.3 Å². The first kappa shape index (κ1) is 13.8. The maximum absolute atomic E-state index is 9.66. The second kappa shape index (κ2) is 5.66. The first-order valence-corrected chi connectivity index (χ1v) is 6.81. The number of rotatable bonds is 2. The molecule has 3 aromatic rings. The van der Waals surface area contributed by atoms with E-state index in [1.807, 2.05) is 31.2 Å². The molecule has 0 amide bonds. The summed E-state index contributed by atoms with van der Waals surface area (Å²) in [5, 5.41) is 18.5. The molecule has 0 atom stereocenters. The average molecular weight is 287 g/mol. The number of aryl methyl sites for hydroxylation is 1. The zero-order valence-corrected chi connectivity index (χ0v) is 12.0. The van der Waals surface area contributed by atoms with Crippen molar-refractivity contribution in [1.82, 2.24) is 9.97 Å². The fourth-order valence-corrected chi connectivity index (χ4v) is 2.21. The molecule has 3 rings (SSSR count). The lowest BCUT2D eigenvalue weighted by atomic mass is 10.0. The highest BCUT2D eigenvalue weighted by Crippen LogP contribution is 2.30. The summed E-state index contributed by atoms with van der Waals surface area (Å²) in [4.78, 5) is 8.53. The molecule has 106 valence electrons. The minimum Gasteiger partial charge on any atom is -0.492 e. The van der Waals surface area contributed by atoms with Gasteiger partial charge in [0.05, 0.1) is 23.5 Å². The normalized spacial score (nSPS) is 10.2. The van der Waals surface area contributed by atoms with Gasteiger partial charge in [-0.2, -0.15) is 5.26 Å². The smallest absolute Gasteiger partial charge is 0.230 e. The van der Waals surface area contributed by atoms with E-state index in [1.165, 1.54) is 6.20 Å². The highest BCUT2D eigenvalue weighted by atomic mass is 16.3. The SMILES string of the molecule is Cc1ccc(-c2ncc(O)nc2-c2ccc(C#N)cc2)cc1. The highest BCUT2D eigenvalue weighted by Gasteiger charge is 2.12. The molecule has 1 N–H and O–H groups in total. The van der Waals surface area contributed by atoms with E-state index in [2.05, 4.69) is 16.0 Å². The van der Waals surface area contributed by atoms with Gasteiger partial charge in [0.15, 0.2) is 0 Å². The lowest BCUT2D eigenvalue weighted by molar-refractivity contribution is 0.451. The summed E-state index contributed by atoms with van der Waals surface area (Å²) in [6, 6.07) is 17.1. The summed E-state index contributed by atoms with van der Waals surface area (Å²) in [6.07, 6.45) is 1.34. The molecule has 0 bridgehead atoms. The number of hydrogen-bond acceptors (Lipinski definition) is 4. The van der Waals surface area contributed by atoms with Crippen molar-refractivity contribution in [1.29, 1.82) is 5.26 Å². The summed E-state index contributed by atoms with van der Waals surface area (Å²) < 4.78 is 0. The molecule has 4 heteroatoms. The number of nitrogens with zero attached hydrogens (tertiary/aromatic N) is 3. The molecule has 0 spiro atoms. The lowest BCUT2D eigenvalue weighted by Crippen LogP contribution is -1.93. The van der Waals surface area contributed by atoms with Crippen LogP contribution in [0.3, 0.4) is 0 Å². The van der Waals surface area contributed by atoms with Crippen molar-refractivity contribution in [2.75, 3.05) is 0 Å². The number of aromatic hydroxyl groups is 1. The Labute approximate surface area is 128 Å². The largest absolute Gasteiger partial charge is 0.492 e. The zero-order valence-electron chi connectivity index (χ0n) is 12.0. The molecule has 0 unspecified atom stereocenters. The molecule has 0 aliphatic carbocycles. The van der Waals surface area contributed by atoms with E-state index in [4.69, 9.17) is 5.26 Å². The van der Waals surface area contributed by atoms with Crippen LogP contribution < -0.4 is 0 Å². The van der Waals surface area contributed by atoms with Crippen LogP contribution in [0.4, 0.5) is 0 Å². The Morgan fingerprint density at radius 3 is 2.14 bits per heavy atom. The van der Waals surface area contributed by atoms with Gasteiger partial charge in [-0.25, -0.2) is 9.97 Å². The number of aromatic nitrogens is 2. The molecule has 0 fully saturated rings. The second-order valence-electron chi connectivity index (χ2n) is 4.98. The van der Waals surface area contributed by atoms with Crippen molar-refractivity contribution in [2.45, 2.75) is 6.92 Å². The summed E-state index contributed by atoms with van der Waals surface area (Å²) >= 11 is 0. The molecule has 0 saturated carbocycles. The van der Waals surface area contributed by atoms with E-state index in [9.17, 15) is 5.11 Å². The fraction of sp³-hybridized carbons (Fsp3) is 0.0556. The highest BCUT2D eigenvalue weighted by molar-refractivity contribution is 5.78. The van der Waals surface area contributed by atoms with Crippen molar-refractivity contribution in [2.24, 2.45) is 0 Å². The van der Waals surface area contributed by atoms with Gasteiger partial charge >= 0.3 is 0 Å². The van der Waals surface area contributed by atoms with Crippen molar-refractivity contribution in [3.8, 4) is 34.5 Å². The van der Waals surface area contributed by atoms with Gasteiger partial charge in [0.2, 0.25) is 5.88 Å². The molecule has 1 heterocycles. The topological polar surface area (TPSA) is 69.8 Å². The Kier molecular flexibility index (Phi) is 3.55. The monoisotopic (exact) mass is 287 g/mol. The summed E-state index contributed by atoms with van der Waals surface area (Å²) in [5.41, 5.74) is 4.76. The fourth-order valence-electron chi connectivity index (χ4n) is 2.21. The minimum atomic E-state index is -0.129. The van der Waals surface area contributed by atoms with Crippen molar-refractivity contribution in [3.63, 3.8) is 0 Å². The average Bonchev–Trinajstić information content (AvgIpc) is 2.56. The Morgan fingerprint density at radius 1 is 0.909 bits per heavy atom. The third-order valence-corrected chi connectivity index (χ3v) is 3.37. The van der Waals surface area contributed by atoms with Gasteiger partial charge in [0.1, 0.15) is 5.69 Å². The van der Waals surface area contributed by atoms with Crippen LogP contribution in [0.1, 0.15) is 11.1 Å². The van der Waals surface area contributed by atoms with Crippen LogP contribution in [-0.2, 0) is 0 Å². The maximum atomic E-state index is 9.66. The predicted molar refractivity (Wildman–Crippen MR) is 84.0 cm³/mol. The first-order valence-electron chi connectivity index (χ1n) is 6.81. The molecule has 4 nitrogen and oxygen atoms in total. The quantitative estimate of drug-likeness (QED) is 0.780. The third-order valence-electron chi connectivity index (χ3n) is 3.37. The van der Waals surface area contributed by atoms with E-state index in [1.54, 1.807) is 24.3 Å². The molecule has 0 saturated heterocycles. The molecule has 2 aromatic carbocycles. The van der Waals surface area contributed by atoms with E-state index in [0.717, 1.165) is 16.7 Å². The second-order valence-corrected chi connectivity index (χ2v) is 4.98. The molecular weight excluding hydrogens is 274 g/mol. The Balaban J connectivity index is 2.15. The zero-order chi connectivity index (χ0) is 15.5. The third kappa shape index (κ3) is 2.65. The van der Waals surface area contributed by atoms with E-state index >= 15 is 0 Å². The lowest BCUT2D eigenvalue weighted by Gasteiger charge is -2.09. The Bertz CT molecular complexity index is 847. The van der Waals surface area contributed by atoms with Crippen LogP contribution in [-0.4, -0.2) is 15.1 Å². The van der Waals surface area contributed by atoms with E-state index in [0.29, 0.717) is 17.0 Å². The number of nitriles is 1. The molecule has 22 heavy (non-hydrogen) atoms. The molecular formula is C18H13N3O. The van der Waals surface area contributed by atoms with Crippen molar-refractivity contribution < 1.29 is 5.11 Å². The van der Waals surface area contributed by atoms with Gasteiger partial charge in [-0.3, -0.25) is 0 Å². The Hall–Kier alpha value is -3.19. The van der Waals surface area contributed by atoms with Crippen LogP contribution in [0.5, 0.6) is 5.88 Å². The van der Waals surface area contributed by atoms with Gasteiger partial charge < -0.3 is 5.11 Å². The summed E-state index contributed by atoms with van der Waals surface area (Å²) in [5.74, 6) is -0.129. The molecule has 0 radical (unpaired) electrons. The molecule has 1 aromatic heterocycles. The van der Waals surface area contributed by atoms with Gasteiger partial charge in [-0.15, -0.1) is 0 Å². The van der Waals surface area contributed by atoms with Crippen LogP contribution in [0.2, 0.25) is 0 Å². The molecule has 0 aliphatic heterocycles. The summed E-state index contributed by atoms with van der Waals surface area (Å²) in [6.45, 7) is 2.02.